The number of sulfonamides is 1. The fourth-order valence-corrected chi connectivity index (χ4v) is 7.17. The second-order valence-corrected chi connectivity index (χ2v) is 12.5. The number of hydrogen-bond donors (Lipinski definition) is 1. The van der Waals surface area contributed by atoms with Gasteiger partial charge < -0.3 is 9.84 Å². The molecule has 3 heterocycles. The van der Waals surface area contributed by atoms with Gasteiger partial charge >= 0.3 is 0 Å². The first kappa shape index (κ1) is 27.1. The Kier molecular flexibility index (Phi) is 8.06. The molecule has 5 rings (SSSR count). The van der Waals surface area contributed by atoms with Gasteiger partial charge in [0.25, 0.3) is 0 Å². The molecule has 0 spiro atoms. The molecule has 2 aromatic carbocycles. The van der Waals surface area contributed by atoms with E-state index in [0.29, 0.717) is 84.1 Å². The van der Waals surface area contributed by atoms with E-state index in [0.717, 1.165) is 12.8 Å². The maximum absolute atomic E-state index is 13.1. The van der Waals surface area contributed by atoms with E-state index < -0.39 is 10.0 Å². The second-order valence-electron chi connectivity index (χ2n) is 9.77. The zero-order valence-corrected chi connectivity index (χ0v) is 23.3. The molecule has 0 bridgehead atoms. The average molecular weight is 579 g/mol. The predicted molar refractivity (Wildman–Crippen MR) is 146 cm³/mol. The predicted octanol–water partition coefficient (Wildman–Crippen LogP) is 4.99. The monoisotopic (exact) mass is 577 g/mol. The molecule has 0 saturated carbocycles. The highest BCUT2D eigenvalue weighted by Crippen LogP contribution is 2.30. The number of nitrogens with one attached hydrogen (secondary N) is 1. The smallest absolute Gasteiger partial charge is 0.243 e. The summed E-state index contributed by atoms with van der Waals surface area (Å²) in [5.41, 5.74) is 1.82. The lowest BCUT2D eigenvalue weighted by Crippen LogP contribution is -2.37. The molecular weight excluding hydrogens is 549 g/mol. The van der Waals surface area contributed by atoms with Gasteiger partial charge in [0.15, 0.2) is 0 Å². The topological polar surface area (TPSA) is 109 Å². The van der Waals surface area contributed by atoms with Gasteiger partial charge in [-0.1, -0.05) is 34.4 Å². The summed E-state index contributed by atoms with van der Waals surface area (Å²) in [6.45, 7) is 4.72. The van der Waals surface area contributed by atoms with Crippen LogP contribution in [0.2, 0.25) is 10.0 Å². The SMILES string of the molecule is Cc1ccc(NC(=O)C2CCN(Cc3nc(-c4ccc(Cl)cc4Cl)no3)CC2)cc1S(=O)(=O)N1CCCC1. The third-order valence-electron chi connectivity index (χ3n) is 7.10. The molecule has 2 aliphatic rings. The van der Waals surface area contributed by atoms with Crippen LogP contribution < -0.4 is 5.32 Å². The van der Waals surface area contributed by atoms with Crippen LogP contribution in [0, 0.1) is 12.8 Å². The van der Waals surface area contributed by atoms with Crippen molar-refractivity contribution in [2.24, 2.45) is 5.92 Å². The van der Waals surface area contributed by atoms with Crippen LogP contribution in [0.1, 0.15) is 37.1 Å². The first-order valence-corrected chi connectivity index (χ1v) is 14.8. The minimum Gasteiger partial charge on any atom is -0.338 e. The number of aryl methyl sites for hydroxylation is 1. The number of aromatic nitrogens is 2. The molecule has 1 aromatic heterocycles. The van der Waals surface area contributed by atoms with Gasteiger partial charge in [0.2, 0.25) is 27.6 Å². The number of likely N-dealkylation sites (tertiary alicyclic amines) is 1. The van der Waals surface area contributed by atoms with Crippen LogP contribution in [0.15, 0.2) is 45.8 Å². The maximum Gasteiger partial charge on any atom is 0.243 e. The highest BCUT2D eigenvalue weighted by Gasteiger charge is 2.30. The summed E-state index contributed by atoms with van der Waals surface area (Å²) in [5.74, 6) is 0.605. The largest absolute Gasteiger partial charge is 0.338 e. The molecule has 2 aliphatic heterocycles. The van der Waals surface area contributed by atoms with Crippen LogP contribution in [0.3, 0.4) is 0 Å². The van der Waals surface area contributed by atoms with Gasteiger partial charge in [0, 0.05) is 35.3 Å². The van der Waals surface area contributed by atoms with Crippen LogP contribution >= 0.6 is 23.2 Å². The van der Waals surface area contributed by atoms with Crippen molar-refractivity contribution in [3.8, 4) is 11.4 Å². The van der Waals surface area contributed by atoms with Gasteiger partial charge in [0.05, 0.1) is 16.5 Å². The van der Waals surface area contributed by atoms with Gasteiger partial charge in [-0.25, -0.2) is 8.42 Å². The number of benzene rings is 2. The van der Waals surface area contributed by atoms with E-state index in [-0.39, 0.29) is 16.7 Å². The molecule has 38 heavy (non-hydrogen) atoms. The molecule has 2 fully saturated rings. The maximum atomic E-state index is 13.1. The van der Waals surface area contributed by atoms with E-state index in [4.69, 9.17) is 27.7 Å². The lowest BCUT2D eigenvalue weighted by Gasteiger charge is -2.30. The van der Waals surface area contributed by atoms with Crippen molar-refractivity contribution in [2.75, 3.05) is 31.5 Å². The number of anilines is 1. The Morgan fingerprint density at radius 2 is 1.82 bits per heavy atom. The van der Waals surface area contributed by atoms with E-state index in [9.17, 15) is 13.2 Å². The molecule has 12 heteroatoms. The number of rotatable bonds is 7. The number of amides is 1. The molecule has 0 aliphatic carbocycles. The Balaban J connectivity index is 1.17. The summed E-state index contributed by atoms with van der Waals surface area (Å²) < 4.78 is 33.1. The second kappa shape index (κ2) is 11.3. The fourth-order valence-electron chi connectivity index (χ4n) is 4.91. The molecule has 3 aromatic rings. The van der Waals surface area contributed by atoms with Crippen molar-refractivity contribution in [1.82, 2.24) is 19.3 Å². The summed E-state index contributed by atoms with van der Waals surface area (Å²) >= 11 is 12.2. The van der Waals surface area contributed by atoms with Crippen LogP contribution in [-0.2, 0) is 21.4 Å². The number of carbonyl (C=O) groups is 1. The van der Waals surface area contributed by atoms with Crippen molar-refractivity contribution in [2.45, 2.75) is 44.0 Å². The van der Waals surface area contributed by atoms with Gasteiger partial charge in [-0.3, -0.25) is 9.69 Å². The lowest BCUT2D eigenvalue weighted by molar-refractivity contribution is -0.121. The zero-order chi connectivity index (χ0) is 26.9. The summed E-state index contributed by atoms with van der Waals surface area (Å²) in [6, 6.07) is 10.2. The Morgan fingerprint density at radius 1 is 1.08 bits per heavy atom. The first-order valence-electron chi connectivity index (χ1n) is 12.6. The van der Waals surface area contributed by atoms with Gasteiger partial charge in [-0.15, -0.1) is 0 Å². The fraction of sp³-hybridized carbons (Fsp3) is 0.423. The molecule has 1 N–H and O–H groups in total. The standard InChI is InChI=1S/C26H29Cl2N5O4S/c1-17-4-6-20(15-23(17)38(35,36)33-10-2-3-11-33)29-26(34)18-8-12-32(13-9-18)16-24-30-25(31-37-24)21-7-5-19(27)14-22(21)28/h4-7,14-15,18H,2-3,8-13,16H2,1H3,(H,29,34). The van der Waals surface area contributed by atoms with Crippen LogP contribution in [-0.4, -0.2) is 59.8 Å². The van der Waals surface area contributed by atoms with E-state index in [1.807, 2.05) is 0 Å². The molecule has 2 saturated heterocycles. The molecule has 0 radical (unpaired) electrons. The highest BCUT2D eigenvalue weighted by molar-refractivity contribution is 7.89. The summed E-state index contributed by atoms with van der Waals surface area (Å²) in [7, 11) is -3.57. The van der Waals surface area contributed by atoms with E-state index in [2.05, 4.69) is 20.4 Å². The number of piperidine rings is 1. The van der Waals surface area contributed by atoms with E-state index in [1.54, 1.807) is 43.3 Å². The summed E-state index contributed by atoms with van der Waals surface area (Å²) in [6.07, 6.45) is 3.08. The van der Waals surface area contributed by atoms with E-state index >= 15 is 0 Å². The van der Waals surface area contributed by atoms with Crippen molar-refractivity contribution in [3.05, 3.63) is 57.9 Å². The number of hydrogen-bond acceptors (Lipinski definition) is 7. The molecule has 9 nitrogen and oxygen atoms in total. The number of halogens is 2. The van der Waals surface area contributed by atoms with Crippen LogP contribution in [0.25, 0.3) is 11.4 Å². The Bertz CT molecular complexity index is 1430. The molecule has 1 amide bonds. The minimum absolute atomic E-state index is 0.101. The Labute approximate surface area is 232 Å². The third-order valence-corrected chi connectivity index (χ3v) is 9.68. The molecule has 0 atom stereocenters. The quantitative estimate of drug-likeness (QED) is 0.421. The van der Waals surface area contributed by atoms with Gasteiger partial charge in [-0.05, 0) is 81.6 Å². The minimum atomic E-state index is -3.57. The van der Waals surface area contributed by atoms with Crippen LogP contribution in [0.4, 0.5) is 5.69 Å². The van der Waals surface area contributed by atoms with E-state index in [1.165, 1.54) is 4.31 Å². The molecular formula is C26H29Cl2N5O4S. The Morgan fingerprint density at radius 3 is 2.53 bits per heavy atom. The summed E-state index contributed by atoms with van der Waals surface area (Å²) in [4.78, 5) is 19.9. The first-order chi connectivity index (χ1) is 18.2. The van der Waals surface area contributed by atoms with Crippen molar-refractivity contribution >= 4 is 44.8 Å². The third kappa shape index (κ3) is 5.89. The highest BCUT2D eigenvalue weighted by atomic mass is 35.5. The Hall–Kier alpha value is -2.50. The van der Waals surface area contributed by atoms with Crippen LogP contribution in [0.5, 0.6) is 0 Å². The number of nitrogens with zero attached hydrogens (tertiary/aromatic N) is 4. The summed E-state index contributed by atoms with van der Waals surface area (Å²) in [5, 5.41) is 7.95. The normalized spacial score (nSPS) is 17.7. The van der Waals surface area contributed by atoms with Gasteiger partial charge in [-0.2, -0.15) is 9.29 Å². The average Bonchev–Trinajstić information content (AvgIpc) is 3.59. The zero-order valence-electron chi connectivity index (χ0n) is 21.0. The van der Waals surface area contributed by atoms with Crippen molar-refractivity contribution in [3.63, 3.8) is 0 Å². The molecule has 0 unspecified atom stereocenters. The van der Waals surface area contributed by atoms with Crippen molar-refractivity contribution < 1.29 is 17.7 Å². The number of carbonyl (C=O) groups excluding carboxylic acids is 1. The molecule has 202 valence electrons. The van der Waals surface area contributed by atoms with Crippen molar-refractivity contribution in [1.29, 1.82) is 0 Å². The van der Waals surface area contributed by atoms with Gasteiger partial charge in [0.1, 0.15) is 0 Å². The lowest BCUT2D eigenvalue weighted by atomic mass is 9.96.